The zero-order valence-corrected chi connectivity index (χ0v) is 15.5. The van der Waals surface area contributed by atoms with Crippen molar-refractivity contribution in [1.82, 2.24) is 5.32 Å². The summed E-state index contributed by atoms with van der Waals surface area (Å²) in [4.78, 5) is 23.5. The van der Waals surface area contributed by atoms with Gasteiger partial charge < -0.3 is 14.8 Å². The van der Waals surface area contributed by atoms with Crippen molar-refractivity contribution in [2.75, 3.05) is 20.3 Å². The second-order valence-corrected chi connectivity index (χ2v) is 6.33. The molecule has 2 aromatic carbocycles. The molecule has 6 heteroatoms. The normalized spacial score (nSPS) is 10.2. The first-order valence-corrected chi connectivity index (χ1v) is 8.66. The Hall–Kier alpha value is -2.34. The number of methoxy groups -OCH3 is 1. The highest BCUT2D eigenvalue weighted by Crippen LogP contribution is 2.12. The van der Waals surface area contributed by atoms with Crippen LogP contribution in [0.5, 0.6) is 5.75 Å². The van der Waals surface area contributed by atoms with Crippen LogP contribution in [0.15, 0.2) is 53.0 Å². The van der Waals surface area contributed by atoms with Crippen LogP contribution in [0, 0.1) is 0 Å². The summed E-state index contributed by atoms with van der Waals surface area (Å²) in [6, 6.07) is 15.0. The van der Waals surface area contributed by atoms with E-state index in [0.29, 0.717) is 13.0 Å². The van der Waals surface area contributed by atoms with Crippen LogP contribution in [0.1, 0.15) is 11.1 Å². The van der Waals surface area contributed by atoms with E-state index in [2.05, 4.69) is 21.2 Å². The maximum Gasteiger partial charge on any atom is 0.310 e. The SMILES string of the molecule is COc1ccc(CCNC(=O)COC(=O)Cc2ccc(Br)cc2)cc1. The van der Waals surface area contributed by atoms with Crippen LogP contribution >= 0.6 is 15.9 Å². The van der Waals surface area contributed by atoms with Gasteiger partial charge in [-0.05, 0) is 41.8 Å². The molecule has 2 rings (SSSR count). The van der Waals surface area contributed by atoms with Crippen molar-refractivity contribution in [3.8, 4) is 5.75 Å². The molecule has 0 spiro atoms. The van der Waals surface area contributed by atoms with Crippen LogP contribution in [0.25, 0.3) is 0 Å². The van der Waals surface area contributed by atoms with Crippen LogP contribution in [0.2, 0.25) is 0 Å². The van der Waals surface area contributed by atoms with Gasteiger partial charge in [0.05, 0.1) is 13.5 Å². The van der Waals surface area contributed by atoms with Gasteiger partial charge in [0.15, 0.2) is 6.61 Å². The number of halogens is 1. The fourth-order valence-electron chi connectivity index (χ4n) is 2.16. The number of carbonyl (C=O) groups is 2. The Morgan fingerprint density at radius 3 is 2.28 bits per heavy atom. The van der Waals surface area contributed by atoms with Crippen LogP contribution < -0.4 is 10.1 Å². The smallest absolute Gasteiger partial charge is 0.310 e. The molecule has 0 saturated carbocycles. The topological polar surface area (TPSA) is 64.6 Å². The van der Waals surface area contributed by atoms with Gasteiger partial charge in [-0.2, -0.15) is 0 Å². The molecule has 0 fully saturated rings. The van der Waals surface area contributed by atoms with Gasteiger partial charge in [-0.25, -0.2) is 0 Å². The molecular weight excluding hydrogens is 386 g/mol. The number of hydrogen-bond donors (Lipinski definition) is 1. The molecule has 0 aromatic heterocycles. The molecule has 0 aliphatic carbocycles. The fraction of sp³-hybridized carbons (Fsp3) is 0.263. The van der Waals surface area contributed by atoms with E-state index in [1.807, 2.05) is 48.5 Å². The van der Waals surface area contributed by atoms with Crippen LogP contribution in [-0.2, 0) is 27.2 Å². The lowest BCUT2D eigenvalue weighted by Crippen LogP contribution is -2.30. The van der Waals surface area contributed by atoms with Gasteiger partial charge in [-0.1, -0.05) is 40.2 Å². The zero-order chi connectivity index (χ0) is 18.1. The monoisotopic (exact) mass is 405 g/mol. The van der Waals surface area contributed by atoms with Crippen molar-refractivity contribution < 1.29 is 19.1 Å². The van der Waals surface area contributed by atoms with Crippen LogP contribution in [0.3, 0.4) is 0 Å². The second-order valence-electron chi connectivity index (χ2n) is 5.41. The standard InChI is InChI=1S/C19H20BrNO4/c1-24-17-8-4-14(5-9-17)10-11-21-18(22)13-25-19(23)12-15-2-6-16(20)7-3-15/h2-9H,10-13H2,1H3,(H,21,22). The van der Waals surface area contributed by atoms with Gasteiger partial charge in [-0.15, -0.1) is 0 Å². The Morgan fingerprint density at radius 2 is 1.64 bits per heavy atom. The van der Waals surface area contributed by atoms with Crippen molar-refractivity contribution in [3.05, 3.63) is 64.1 Å². The van der Waals surface area contributed by atoms with Gasteiger partial charge in [0, 0.05) is 11.0 Å². The summed E-state index contributed by atoms with van der Waals surface area (Å²) in [5.74, 6) is 0.0655. The quantitative estimate of drug-likeness (QED) is 0.685. The predicted molar refractivity (Wildman–Crippen MR) is 98.5 cm³/mol. The molecule has 0 unspecified atom stereocenters. The van der Waals surface area contributed by atoms with Gasteiger partial charge >= 0.3 is 5.97 Å². The highest BCUT2D eigenvalue weighted by molar-refractivity contribution is 9.10. The molecule has 0 aliphatic rings. The molecule has 0 bridgehead atoms. The van der Waals surface area contributed by atoms with E-state index >= 15 is 0 Å². The van der Waals surface area contributed by atoms with Crippen LogP contribution in [0.4, 0.5) is 0 Å². The number of ether oxygens (including phenoxy) is 2. The Balaban J connectivity index is 1.64. The van der Waals surface area contributed by atoms with Crippen molar-refractivity contribution in [2.24, 2.45) is 0 Å². The molecule has 2 aromatic rings. The average Bonchev–Trinajstić information content (AvgIpc) is 2.62. The number of hydrogen-bond acceptors (Lipinski definition) is 4. The minimum Gasteiger partial charge on any atom is -0.497 e. The first-order valence-electron chi connectivity index (χ1n) is 7.86. The highest BCUT2D eigenvalue weighted by Gasteiger charge is 2.08. The van der Waals surface area contributed by atoms with Gasteiger partial charge in [0.2, 0.25) is 0 Å². The third-order valence-corrected chi connectivity index (χ3v) is 4.05. The molecule has 0 radical (unpaired) electrons. The minimum absolute atomic E-state index is 0.145. The van der Waals surface area contributed by atoms with E-state index in [4.69, 9.17) is 9.47 Å². The van der Waals surface area contributed by atoms with Crippen LogP contribution in [-0.4, -0.2) is 32.1 Å². The molecule has 0 heterocycles. The maximum atomic E-state index is 11.7. The van der Waals surface area contributed by atoms with E-state index in [1.165, 1.54) is 0 Å². The Labute approximate surface area is 155 Å². The van der Waals surface area contributed by atoms with Crippen molar-refractivity contribution in [2.45, 2.75) is 12.8 Å². The molecular formula is C19H20BrNO4. The molecule has 1 amide bonds. The lowest BCUT2D eigenvalue weighted by Gasteiger charge is -2.07. The lowest BCUT2D eigenvalue weighted by molar-refractivity contribution is -0.147. The Bertz CT molecular complexity index is 698. The molecule has 132 valence electrons. The molecule has 5 nitrogen and oxygen atoms in total. The Kier molecular flexibility index (Phi) is 7.47. The third-order valence-electron chi connectivity index (χ3n) is 3.52. The number of rotatable bonds is 8. The van der Waals surface area contributed by atoms with Gasteiger partial charge in [-0.3, -0.25) is 9.59 Å². The van der Waals surface area contributed by atoms with E-state index < -0.39 is 5.97 Å². The summed E-state index contributed by atoms with van der Waals surface area (Å²) >= 11 is 3.33. The molecule has 1 N–H and O–H groups in total. The zero-order valence-electron chi connectivity index (χ0n) is 14.0. The van der Waals surface area contributed by atoms with E-state index in [1.54, 1.807) is 7.11 Å². The fourth-order valence-corrected chi connectivity index (χ4v) is 2.42. The van der Waals surface area contributed by atoms with Crippen molar-refractivity contribution in [1.29, 1.82) is 0 Å². The summed E-state index contributed by atoms with van der Waals surface area (Å²) in [6.07, 6.45) is 0.842. The minimum atomic E-state index is -0.423. The summed E-state index contributed by atoms with van der Waals surface area (Å²) in [5.41, 5.74) is 1.93. The van der Waals surface area contributed by atoms with Gasteiger partial charge in [0.1, 0.15) is 5.75 Å². The Morgan fingerprint density at radius 1 is 1.00 bits per heavy atom. The molecule has 0 atom stereocenters. The number of esters is 1. The van der Waals surface area contributed by atoms with E-state index in [0.717, 1.165) is 21.3 Å². The second kappa shape index (κ2) is 9.84. The summed E-state index contributed by atoms with van der Waals surface area (Å²) < 4.78 is 11.0. The first kappa shape index (κ1) is 19.0. The summed E-state index contributed by atoms with van der Waals surface area (Å²) in [6.45, 7) is 0.216. The highest BCUT2D eigenvalue weighted by atomic mass is 79.9. The summed E-state index contributed by atoms with van der Waals surface area (Å²) in [7, 11) is 1.62. The number of carbonyl (C=O) groups excluding carboxylic acids is 2. The van der Waals surface area contributed by atoms with E-state index in [9.17, 15) is 9.59 Å². The number of nitrogens with one attached hydrogen (secondary N) is 1. The lowest BCUT2D eigenvalue weighted by atomic mass is 10.1. The third kappa shape index (κ3) is 6.97. The van der Waals surface area contributed by atoms with E-state index in [-0.39, 0.29) is 18.9 Å². The molecule has 0 saturated heterocycles. The average molecular weight is 406 g/mol. The molecule has 25 heavy (non-hydrogen) atoms. The number of benzene rings is 2. The summed E-state index contributed by atoms with van der Waals surface area (Å²) in [5, 5.41) is 2.73. The largest absolute Gasteiger partial charge is 0.497 e. The van der Waals surface area contributed by atoms with Gasteiger partial charge in [0.25, 0.3) is 5.91 Å². The number of amides is 1. The maximum absolute atomic E-state index is 11.7. The van der Waals surface area contributed by atoms with Crippen molar-refractivity contribution >= 4 is 27.8 Å². The van der Waals surface area contributed by atoms with Crippen molar-refractivity contribution in [3.63, 3.8) is 0 Å². The predicted octanol–water partition coefficient (Wildman–Crippen LogP) is 2.90. The first-order chi connectivity index (χ1) is 12.1. The molecule has 0 aliphatic heterocycles.